The predicted molar refractivity (Wildman–Crippen MR) is 67.9 cm³/mol. The lowest BCUT2D eigenvalue weighted by Gasteiger charge is -2.21. The van der Waals surface area contributed by atoms with Crippen LogP contribution in [0.1, 0.15) is 39.0 Å². The van der Waals surface area contributed by atoms with Crippen LogP contribution in [0.25, 0.3) is 0 Å². The SMILES string of the molecule is CC(CC1CCCCCN1)NCCOC(N)=O. The maximum Gasteiger partial charge on any atom is 0.404 e. The molecule has 1 fully saturated rings. The Bertz CT molecular complexity index is 216. The summed E-state index contributed by atoms with van der Waals surface area (Å²) in [4.78, 5) is 10.4. The van der Waals surface area contributed by atoms with Gasteiger partial charge in [0.1, 0.15) is 6.61 Å². The monoisotopic (exact) mass is 243 g/mol. The summed E-state index contributed by atoms with van der Waals surface area (Å²) in [5.74, 6) is 0. The molecule has 2 atom stereocenters. The van der Waals surface area contributed by atoms with Crippen LogP contribution in [0.4, 0.5) is 4.79 Å². The zero-order chi connectivity index (χ0) is 12.5. The molecule has 0 bridgehead atoms. The molecule has 100 valence electrons. The Morgan fingerprint density at radius 1 is 1.53 bits per heavy atom. The van der Waals surface area contributed by atoms with Gasteiger partial charge in [-0.05, 0) is 32.7 Å². The van der Waals surface area contributed by atoms with E-state index in [9.17, 15) is 4.79 Å². The Hall–Kier alpha value is -0.810. The van der Waals surface area contributed by atoms with Crippen LogP contribution in [0.5, 0.6) is 0 Å². The van der Waals surface area contributed by atoms with Gasteiger partial charge in [0, 0.05) is 18.6 Å². The molecule has 1 heterocycles. The lowest BCUT2D eigenvalue weighted by atomic mass is 10.0. The smallest absolute Gasteiger partial charge is 0.404 e. The van der Waals surface area contributed by atoms with Gasteiger partial charge in [0.05, 0.1) is 0 Å². The van der Waals surface area contributed by atoms with Crippen molar-refractivity contribution in [3.05, 3.63) is 0 Å². The number of nitrogens with two attached hydrogens (primary N) is 1. The highest BCUT2D eigenvalue weighted by atomic mass is 16.5. The van der Waals surface area contributed by atoms with Crippen LogP contribution in [0.3, 0.4) is 0 Å². The van der Waals surface area contributed by atoms with Gasteiger partial charge in [-0.1, -0.05) is 12.8 Å². The van der Waals surface area contributed by atoms with Gasteiger partial charge in [0.15, 0.2) is 0 Å². The molecule has 0 aromatic heterocycles. The summed E-state index contributed by atoms with van der Waals surface area (Å²) < 4.78 is 4.66. The Labute approximate surface area is 103 Å². The number of amides is 1. The van der Waals surface area contributed by atoms with Crippen molar-refractivity contribution in [1.82, 2.24) is 10.6 Å². The number of hydrogen-bond acceptors (Lipinski definition) is 4. The van der Waals surface area contributed by atoms with Crippen LogP contribution in [0.15, 0.2) is 0 Å². The quantitative estimate of drug-likeness (QED) is 0.608. The fraction of sp³-hybridized carbons (Fsp3) is 0.917. The van der Waals surface area contributed by atoms with E-state index >= 15 is 0 Å². The maximum atomic E-state index is 10.4. The third kappa shape index (κ3) is 7.18. The maximum absolute atomic E-state index is 10.4. The first-order valence-corrected chi connectivity index (χ1v) is 6.57. The van der Waals surface area contributed by atoms with Crippen LogP contribution in [0, 0.1) is 0 Å². The molecule has 0 spiro atoms. The second-order valence-corrected chi connectivity index (χ2v) is 4.76. The normalized spacial score (nSPS) is 22.8. The number of rotatable bonds is 6. The molecule has 17 heavy (non-hydrogen) atoms. The average molecular weight is 243 g/mol. The van der Waals surface area contributed by atoms with Crippen molar-refractivity contribution in [3.8, 4) is 0 Å². The number of hydrogen-bond donors (Lipinski definition) is 3. The first kappa shape index (κ1) is 14.3. The molecular weight excluding hydrogens is 218 g/mol. The van der Waals surface area contributed by atoms with Gasteiger partial charge in [-0.25, -0.2) is 4.79 Å². The fourth-order valence-electron chi connectivity index (χ4n) is 2.27. The van der Waals surface area contributed by atoms with Crippen LogP contribution < -0.4 is 16.4 Å². The zero-order valence-electron chi connectivity index (χ0n) is 10.7. The van der Waals surface area contributed by atoms with E-state index in [0.717, 1.165) is 13.0 Å². The van der Waals surface area contributed by atoms with E-state index in [1.807, 2.05) is 0 Å². The second-order valence-electron chi connectivity index (χ2n) is 4.76. The molecular formula is C12H25N3O2. The summed E-state index contributed by atoms with van der Waals surface area (Å²) in [6, 6.07) is 1.05. The summed E-state index contributed by atoms with van der Waals surface area (Å²) in [5.41, 5.74) is 4.88. The summed E-state index contributed by atoms with van der Waals surface area (Å²) in [6.07, 6.45) is 5.66. The van der Waals surface area contributed by atoms with Crippen molar-refractivity contribution in [2.75, 3.05) is 19.7 Å². The van der Waals surface area contributed by atoms with Crippen molar-refractivity contribution in [2.45, 2.75) is 51.1 Å². The Balaban J connectivity index is 2.06. The molecule has 2 unspecified atom stereocenters. The third-order valence-corrected chi connectivity index (χ3v) is 3.14. The van der Waals surface area contributed by atoms with Crippen molar-refractivity contribution in [3.63, 3.8) is 0 Å². The highest BCUT2D eigenvalue weighted by Crippen LogP contribution is 2.12. The van der Waals surface area contributed by atoms with Gasteiger partial charge in [-0.3, -0.25) is 0 Å². The molecule has 1 amide bonds. The molecule has 1 rings (SSSR count). The van der Waals surface area contributed by atoms with Gasteiger partial charge in [0.25, 0.3) is 0 Å². The predicted octanol–water partition coefficient (Wildman–Crippen LogP) is 0.982. The standard InChI is InChI=1S/C12H25N3O2/c1-10(14-7-8-17-12(13)16)9-11-5-3-2-4-6-15-11/h10-11,14-15H,2-9H2,1H3,(H2,13,16). The van der Waals surface area contributed by atoms with Crippen LogP contribution in [-0.2, 0) is 4.74 Å². The van der Waals surface area contributed by atoms with E-state index in [2.05, 4.69) is 22.3 Å². The molecule has 1 saturated heterocycles. The first-order valence-electron chi connectivity index (χ1n) is 6.57. The van der Waals surface area contributed by atoms with Gasteiger partial charge in [0.2, 0.25) is 0 Å². The highest BCUT2D eigenvalue weighted by molar-refractivity contribution is 5.64. The zero-order valence-corrected chi connectivity index (χ0v) is 10.7. The third-order valence-electron chi connectivity index (χ3n) is 3.14. The Morgan fingerprint density at radius 2 is 2.35 bits per heavy atom. The number of carbonyl (C=O) groups is 1. The van der Waals surface area contributed by atoms with Gasteiger partial charge >= 0.3 is 6.09 Å². The van der Waals surface area contributed by atoms with Crippen molar-refractivity contribution in [1.29, 1.82) is 0 Å². The molecule has 0 aliphatic carbocycles. The highest BCUT2D eigenvalue weighted by Gasteiger charge is 2.14. The minimum absolute atomic E-state index is 0.345. The number of ether oxygens (including phenoxy) is 1. The topological polar surface area (TPSA) is 76.4 Å². The summed E-state index contributed by atoms with van der Waals surface area (Å²) in [5, 5.41) is 6.91. The van der Waals surface area contributed by atoms with Gasteiger partial charge < -0.3 is 21.1 Å². The lowest BCUT2D eigenvalue weighted by molar-refractivity contribution is 0.156. The Kier molecular flexibility index (Phi) is 6.96. The lowest BCUT2D eigenvalue weighted by Crippen LogP contribution is -2.38. The van der Waals surface area contributed by atoms with Crippen molar-refractivity contribution in [2.24, 2.45) is 5.73 Å². The van der Waals surface area contributed by atoms with E-state index in [1.54, 1.807) is 0 Å². The molecule has 1 aliphatic rings. The molecule has 0 saturated carbocycles. The molecule has 0 aromatic rings. The van der Waals surface area contributed by atoms with E-state index in [1.165, 1.54) is 25.7 Å². The van der Waals surface area contributed by atoms with Crippen LogP contribution in [0.2, 0.25) is 0 Å². The van der Waals surface area contributed by atoms with Gasteiger partial charge in [-0.15, -0.1) is 0 Å². The fourth-order valence-corrected chi connectivity index (χ4v) is 2.27. The average Bonchev–Trinajstić information content (AvgIpc) is 2.53. The number of primary amides is 1. The molecule has 0 radical (unpaired) electrons. The first-order chi connectivity index (χ1) is 8.18. The molecule has 5 heteroatoms. The Morgan fingerprint density at radius 3 is 3.12 bits per heavy atom. The van der Waals surface area contributed by atoms with E-state index in [4.69, 9.17) is 5.73 Å². The molecule has 0 aromatic carbocycles. The van der Waals surface area contributed by atoms with E-state index in [0.29, 0.717) is 25.2 Å². The van der Waals surface area contributed by atoms with Crippen LogP contribution in [-0.4, -0.2) is 37.9 Å². The van der Waals surface area contributed by atoms with E-state index in [-0.39, 0.29) is 0 Å². The molecule has 5 nitrogen and oxygen atoms in total. The number of nitrogens with one attached hydrogen (secondary N) is 2. The number of carbonyl (C=O) groups excluding carboxylic acids is 1. The van der Waals surface area contributed by atoms with Crippen molar-refractivity contribution < 1.29 is 9.53 Å². The molecule has 4 N–H and O–H groups in total. The largest absolute Gasteiger partial charge is 0.448 e. The summed E-state index contributed by atoms with van der Waals surface area (Å²) in [7, 11) is 0. The van der Waals surface area contributed by atoms with Crippen molar-refractivity contribution >= 4 is 6.09 Å². The second kappa shape index (κ2) is 8.31. The van der Waals surface area contributed by atoms with E-state index < -0.39 is 6.09 Å². The van der Waals surface area contributed by atoms with Crippen LogP contribution >= 0.6 is 0 Å². The summed E-state index contributed by atoms with van der Waals surface area (Å²) >= 11 is 0. The minimum Gasteiger partial charge on any atom is -0.448 e. The van der Waals surface area contributed by atoms with Gasteiger partial charge in [-0.2, -0.15) is 0 Å². The minimum atomic E-state index is -0.704. The molecule has 1 aliphatic heterocycles. The summed E-state index contributed by atoms with van der Waals surface area (Å²) in [6.45, 7) is 4.31.